The van der Waals surface area contributed by atoms with Crippen LogP contribution in [0.1, 0.15) is 49.6 Å². The van der Waals surface area contributed by atoms with Crippen molar-refractivity contribution >= 4 is 6.03 Å². The quantitative estimate of drug-likeness (QED) is 0.841. The first kappa shape index (κ1) is 17.4. The van der Waals surface area contributed by atoms with Crippen molar-refractivity contribution < 1.29 is 14.1 Å². The third-order valence-electron chi connectivity index (χ3n) is 4.16. The van der Waals surface area contributed by atoms with E-state index in [1.54, 1.807) is 0 Å². The van der Waals surface area contributed by atoms with Crippen molar-refractivity contribution in [3.63, 3.8) is 0 Å². The first-order valence-electron chi connectivity index (χ1n) is 8.67. The van der Waals surface area contributed by atoms with Crippen LogP contribution >= 0.6 is 0 Å². The van der Waals surface area contributed by atoms with Crippen molar-refractivity contribution in [3.05, 3.63) is 47.6 Å². The Bertz CT molecular complexity index is 687. The summed E-state index contributed by atoms with van der Waals surface area (Å²) >= 11 is 0. The summed E-state index contributed by atoms with van der Waals surface area (Å²) in [5.41, 5.74) is 1.08. The van der Waals surface area contributed by atoms with Crippen LogP contribution in [0.4, 0.5) is 4.79 Å². The Labute approximate surface area is 147 Å². The molecule has 2 aromatic rings. The summed E-state index contributed by atoms with van der Waals surface area (Å²) in [6.45, 7) is 5.10. The van der Waals surface area contributed by atoms with Gasteiger partial charge in [0.15, 0.2) is 5.82 Å². The predicted octanol–water partition coefficient (Wildman–Crippen LogP) is 2.56. The van der Waals surface area contributed by atoms with Crippen LogP contribution < -0.4 is 10.6 Å². The third kappa shape index (κ3) is 4.57. The lowest BCUT2D eigenvalue weighted by atomic mass is 10.0. The van der Waals surface area contributed by atoms with Gasteiger partial charge < -0.3 is 19.9 Å². The van der Waals surface area contributed by atoms with Crippen LogP contribution in [0.15, 0.2) is 34.9 Å². The largest absolute Gasteiger partial charge is 0.371 e. The van der Waals surface area contributed by atoms with Gasteiger partial charge in [-0.15, -0.1) is 0 Å². The number of hydrogen-bond acceptors (Lipinski definition) is 5. The smallest absolute Gasteiger partial charge is 0.315 e. The van der Waals surface area contributed by atoms with Crippen LogP contribution in [-0.4, -0.2) is 35.4 Å². The fourth-order valence-electron chi connectivity index (χ4n) is 2.82. The van der Waals surface area contributed by atoms with Gasteiger partial charge in [0.2, 0.25) is 5.89 Å². The Hall–Kier alpha value is -2.41. The monoisotopic (exact) mass is 344 g/mol. The van der Waals surface area contributed by atoms with E-state index in [4.69, 9.17) is 9.26 Å². The van der Waals surface area contributed by atoms with E-state index in [0.717, 1.165) is 12.0 Å². The molecule has 2 amide bonds. The molecule has 2 N–H and O–H groups in total. The van der Waals surface area contributed by atoms with Crippen molar-refractivity contribution in [2.75, 3.05) is 13.2 Å². The minimum Gasteiger partial charge on any atom is -0.371 e. The maximum absolute atomic E-state index is 12.1. The van der Waals surface area contributed by atoms with Crippen LogP contribution in [-0.2, 0) is 11.2 Å². The Balaban J connectivity index is 1.45. The van der Waals surface area contributed by atoms with E-state index >= 15 is 0 Å². The topological polar surface area (TPSA) is 89.3 Å². The molecule has 0 saturated carbocycles. The van der Waals surface area contributed by atoms with Crippen molar-refractivity contribution in [2.45, 2.75) is 44.8 Å². The first-order valence-corrected chi connectivity index (χ1v) is 8.67. The summed E-state index contributed by atoms with van der Waals surface area (Å²) in [5.74, 6) is 1.45. The number of aromatic nitrogens is 2. The van der Waals surface area contributed by atoms with Gasteiger partial charge in [-0.2, -0.15) is 4.98 Å². The molecule has 1 aromatic heterocycles. The van der Waals surface area contributed by atoms with Gasteiger partial charge in [0.25, 0.3) is 0 Å². The van der Waals surface area contributed by atoms with E-state index in [0.29, 0.717) is 31.3 Å². The third-order valence-corrected chi connectivity index (χ3v) is 4.16. The average molecular weight is 344 g/mol. The minimum absolute atomic E-state index is 0.0293. The van der Waals surface area contributed by atoms with Crippen molar-refractivity contribution in [3.8, 4) is 0 Å². The van der Waals surface area contributed by atoms with Crippen LogP contribution in [0.3, 0.4) is 0 Å². The molecule has 3 rings (SSSR count). The number of carbonyl (C=O) groups excluding carboxylic acids is 1. The van der Waals surface area contributed by atoms with Gasteiger partial charge >= 0.3 is 6.03 Å². The molecule has 1 aliphatic heterocycles. The number of rotatable bonds is 6. The number of nitrogens with one attached hydrogen (secondary N) is 2. The second-order valence-corrected chi connectivity index (χ2v) is 6.45. The summed E-state index contributed by atoms with van der Waals surface area (Å²) in [5, 5.41) is 9.74. The van der Waals surface area contributed by atoms with Gasteiger partial charge in [-0.1, -0.05) is 49.3 Å². The molecule has 7 nitrogen and oxygen atoms in total. The van der Waals surface area contributed by atoms with Gasteiger partial charge in [-0.05, 0) is 12.0 Å². The van der Waals surface area contributed by atoms with Gasteiger partial charge in [0.1, 0.15) is 6.10 Å². The molecule has 0 spiro atoms. The molecule has 1 aromatic carbocycles. The highest BCUT2D eigenvalue weighted by molar-refractivity contribution is 5.74. The SMILES string of the molecule is CC(C)c1noc(CCNC(=O)N[C@H]2CCO[C@@H]2c2ccccc2)n1. The summed E-state index contributed by atoms with van der Waals surface area (Å²) in [4.78, 5) is 16.4. The van der Waals surface area contributed by atoms with Crippen LogP contribution in [0.2, 0.25) is 0 Å². The second-order valence-electron chi connectivity index (χ2n) is 6.45. The maximum atomic E-state index is 12.1. The molecule has 2 heterocycles. The molecule has 1 fully saturated rings. The van der Waals surface area contributed by atoms with Crippen molar-refractivity contribution in [1.29, 1.82) is 0 Å². The van der Waals surface area contributed by atoms with Crippen molar-refractivity contribution in [1.82, 2.24) is 20.8 Å². The molecule has 2 atom stereocenters. The average Bonchev–Trinajstić information content (AvgIpc) is 3.25. The normalized spacial score (nSPS) is 20.0. The molecule has 1 aliphatic rings. The van der Waals surface area contributed by atoms with E-state index in [2.05, 4.69) is 20.8 Å². The number of benzene rings is 1. The molecular formula is C18H24N4O3. The molecule has 7 heteroatoms. The number of carbonyl (C=O) groups is 1. The van der Waals surface area contributed by atoms with E-state index in [1.807, 2.05) is 44.2 Å². The second kappa shape index (κ2) is 8.11. The summed E-state index contributed by atoms with van der Waals surface area (Å²) in [6.07, 6.45) is 1.21. The molecule has 0 unspecified atom stereocenters. The van der Waals surface area contributed by atoms with Crippen LogP contribution in [0.25, 0.3) is 0 Å². The molecule has 25 heavy (non-hydrogen) atoms. The fourth-order valence-corrected chi connectivity index (χ4v) is 2.82. The highest BCUT2D eigenvalue weighted by Crippen LogP contribution is 2.28. The summed E-state index contributed by atoms with van der Waals surface area (Å²) in [6, 6.07) is 9.72. The van der Waals surface area contributed by atoms with Gasteiger partial charge in [-0.25, -0.2) is 4.79 Å². The molecule has 0 radical (unpaired) electrons. The van der Waals surface area contributed by atoms with E-state index in [9.17, 15) is 4.79 Å². The first-order chi connectivity index (χ1) is 12.1. The number of amides is 2. The number of urea groups is 1. The Morgan fingerprint density at radius 1 is 1.32 bits per heavy atom. The lowest BCUT2D eigenvalue weighted by Crippen LogP contribution is -2.43. The lowest BCUT2D eigenvalue weighted by Gasteiger charge is -2.20. The number of nitrogens with zero attached hydrogens (tertiary/aromatic N) is 2. The van der Waals surface area contributed by atoms with E-state index in [-0.39, 0.29) is 24.1 Å². The molecule has 0 bridgehead atoms. The zero-order valence-corrected chi connectivity index (χ0v) is 14.6. The molecule has 0 aliphatic carbocycles. The van der Waals surface area contributed by atoms with Crippen molar-refractivity contribution in [2.24, 2.45) is 0 Å². The number of ether oxygens (including phenoxy) is 1. The highest BCUT2D eigenvalue weighted by atomic mass is 16.5. The van der Waals surface area contributed by atoms with E-state index < -0.39 is 0 Å². The summed E-state index contributed by atoms with van der Waals surface area (Å²) < 4.78 is 10.9. The van der Waals surface area contributed by atoms with Gasteiger partial charge in [-0.3, -0.25) is 0 Å². The number of hydrogen-bond donors (Lipinski definition) is 2. The minimum atomic E-state index is -0.208. The molecule has 1 saturated heterocycles. The predicted molar refractivity (Wildman–Crippen MR) is 92.2 cm³/mol. The lowest BCUT2D eigenvalue weighted by molar-refractivity contribution is 0.0999. The van der Waals surface area contributed by atoms with Gasteiger partial charge in [0.05, 0.1) is 6.04 Å². The zero-order chi connectivity index (χ0) is 17.6. The molecular weight excluding hydrogens is 320 g/mol. The van der Waals surface area contributed by atoms with Gasteiger partial charge in [0, 0.05) is 25.5 Å². The standard InChI is InChI=1S/C18H24N4O3/c1-12(2)17-21-15(25-22-17)8-10-19-18(23)20-14-9-11-24-16(14)13-6-4-3-5-7-13/h3-7,12,14,16H,8-11H2,1-2H3,(H2,19,20,23)/t14-,16+/m0/s1. The Morgan fingerprint density at radius 3 is 2.84 bits per heavy atom. The van der Waals surface area contributed by atoms with E-state index in [1.165, 1.54) is 0 Å². The van der Waals surface area contributed by atoms with Crippen LogP contribution in [0.5, 0.6) is 0 Å². The zero-order valence-electron chi connectivity index (χ0n) is 14.6. The summed E-state index contributed by atoms with van der Waals surface area (Å²) in [7, 11) is 0. The fraction of sp³-hybridized carbons (Fsp3) is 0.500. The van der Waals surface area contributed by atoms with Crippen LogP contribution in [0, 0.1) is 0 Å². The highest BCUT2D eigenvalue weighted by Gasteiger charge is 2.30. The Morgan fingerprint density at radius 2 is 2.12 bits per heavy atom. The molecule has 134 valence electrons. The maximum Gasteiger partial charge on any atom is 0.315 e. The Kier molecular flexibility index (Phi) is 5.65.